The highest BCUT2D eigenvalue weighted by molar-refractivity contribution is 9.10. The minimum Gasteiger partial charge on any atom is -0.381 e. The molecule has 0 heterocycles. The number of nitrogens with one attached hydrogen (secondary N) is 1. The van der Waals surface area contributed by atoms with Crippen molar-refractivity contribution in [2.45, 2.75) is 32.6 Å². The van der Waals surface area contributed by atoms with Gasteiger partial charge in [0.1, 0.15) is 0 Å². The first-order chi connectivity index (χ1) is 10.1. The number of carbonyl (C=O) groups excluding carboxylic acids is 1. The van der Waals surface area contributed by atoms with Crippen molar-refractivity contribution in [1.29, 1.82) is 0 Å². The van der Waals surface area contributed by atoms with E-state index in [0.717, 1.165) is 30.5 Å². The Morgan fingerprint density at radius 1 is 1.48 bits per heavy atom. The first kappa shape index (κ1) is 16.5. The van der Waals surface area contributed by atoms with Gasteiger partial charge in [-0.2, -0.15) is 0 Å². The van der Waals surface area contributed by atoms with Gasteiger partial charge in [0.2, 0.25) is 5.91 Å². The molecule has 3 nitrogen and oxygen atoms in total. The van der Waals surface area contributed by atoms with Gasteiger partial charge in [0.25, 0.3) is 0 Å². The SMILES string of the molecule is CC(C)COCCCNC(=O)C1CC1c1cccc(Br)c1. The zero-order chi connectivity index (χ0) is 15.2. The van der Waals surface area contributed by atoms with Crippen molar-refractivity contribution in [1.82, 2.24) is 5.32 Å². The van der Waals surface area contributed by atoms with Gasteiger partial charge in [0, 0.05) is 30.1 Å². The van der Waals surface area contributed by atoms with Gasteiger partial charge in [-0.3, -0.25) is 4.79 Å². The molecule has 1 aromatic rings. The van der Waals surface area contributed by atoms with Gasteiger partial charge < -0.3 is 10.1 Å². The van der Waals surface area contributed by atoms with Crippen LogP contribution in [0.15, 0.2) is 28.7 Å². The average molecular weight is 354 g/mol. The highest BCUT2D eigenvalue weighted by Crippen LogP contribution is 2.47. The van der Waals surface area contributed by atoms with Crippen molar-refractivity contribution in [3.05, 3.63) is 34.3 Å². The van der Waals surface area contributed by atoms with Crippen LogP contribution in [0.3, 0.4) is 0 Å². The molecule has 1 saturated carbocycles. The topological polar surface area (TPSA) is 38.3 Å². The Balaban J connectivity index is 1.63. The fraction of sp³-hybridized carbons (Fsp3) is 0.588. The molecule has 0 aromatic heterocycles. The van der Waals surface area contributed by atoms with Crippen LogP contribution in [-0.2, 0) is 9.53 Å². The predicted molar refractivity (Wildman–Crippen MR) is 88.3 cm³/mol. The number of hydrogen-bond donors (Lipinski definition) is 1. The van der Waals surface area contributed by atoms with Crippen LogP contribution in [-0.4, -0.2) is 25.7 Å². The van der Waals surface area contributed by atoms with Gasteiger partial charge in [-0.25, -0.2) is 0 Å². The third-order valence-electron chi connectivity index (χ3n) is 3.62. The number of halogens is 1. The number of benzene rings is 1. The molecule has 1 aliphatic carbocycles. The van der Waals surface area contributed by atoms with Gasteiger partial charge in [-0.15, -0.1) is 0 Å². The molecule has 1 N–H and O–H groups in total. The van der Waals surface area contributed by atoms with Crippen molar-refractivity contribution < 1.29 is 9.53 Å². The third kappa shape index (κ3) is 5.44. The van der Waals surface area contributed by atoms with E-state index in [0.29, 0.717) is 18.4 Å². The lowest BCUT2D eigenvalue weighted by Gasteiger charge is -2.08. The molecule has 1 aromatic carbocycles. The van der Waals surface area contributed by atoms with E-state index < -0.39 is 0 Å². The van der Waals surface area contributed by atoms with Crippen LogP contribution in [0.5, 0.6) is 0 Å². The second kappa shape index (κ2) is 7.95. The average Bonchev–Trinajstić information content (AvgIpc) is 3.22. The maximum Gasteiger partial charge on any atom is 0.223 e. The highest BCUT2D eigenvalue weighted by atomic mass is 79.9. The van der Waals surface area contributed by atoms with E-state index in [1.807, 2.05) is 12.1 Å². The van der Waals surface area contributed by atoms with E-state index in [1.165, 1.54) is 5.56 Å². The Bertz CT molecular complexity index is 476. The maximum absolute atomic E-state index is 12.1. The summed E-state index contributed by atoms with van der Waals surface area (Å²) in [7, 11) is 0. The minimum atomic E-state index is 0.149. The van der Waals surface area contributed by atoms with E-state index in [4.69, 9.17) is 4.74 Å². The van der Waals surface area contributed by atoms with Crippen LogP contribution in [0.4, 0.5) is 0 Å². The quantitative estimate of drug-likeness (QED) is 0.723. The van der Waals surface area contributed by atoms with Crippen LogP contribution in [0.25, 0.3) is 0 Å². The fourth-order valence-electron chi connectivity index (χ4n) is 2.43. The molecule has 2 rings (SSSR count). The van der Waals surface area contributed by atoms with Crippen LogP contribution < -0.4 is 5.32 Å². The lowest BCUT2D eigenvalue weighted by atomic mass is 10.1. The minimum absolute atomic E-state index is 0.149. The molecule has 1 aliphatic rings. The number of hydrogen-bond acceptors (Lipinski definition) is 2. The molecule has 2 atom stereocenters. The molecule has 0 spiro atoms. The molecule has 116 valence electrons. The predicted octanol–water partition coefficient (Wildman–Crippen LogP) is 3.73. The monoisotopic (exact) mass is 353 g/mol. The van der Waals surface area contributed by atoms with Gasteiger partial charge in [-0.1, -0.05) is 41.9 Å². The molecule has 0 bridgehead atoms. The van der Waals surface area contributed by atoms with Crippen molar-refractivity contribution in [3.63, 3.8) is 0 Å². The molecule has 0 radical (unpaired) electrons. The molecular weight excluding hydrogens is 330 g/mol. The zero-order valence-electron chi connectivity index (χ0n) is 12.8. The maximum atomic E-state index is 12.1. The zero-order valence-corrected chi connectivity index (χ0v) is 14.4. The Morgan fingerprint density at radius 3 is 3.00 bits per heavy atom. The fourth-order valence-corrected chi connectivity index (χ4v) is 2.84. The van der Waals surface area contributed by atoms with E-state index in [1.54, 1.807) is 0 Å². The Hall–Kier alpha value is -0.870. The Labute approximate surface area is 135 Å². The van der Waals surface area contributed by atoms with Crippen molar-refractivity contribution in [2.24, 2.45) is 11.8 Å². The first-order valence-corrected chi connectivity index (χ1v) is 8.48. The van der Waals surface area contributed by atoms with Crippen LogP contribution in [0.2, 0.25) is 0 Å². The van der Waals surface area contributed by atoms with E-state index in [9.17, 15) is 4.79 Å². The number of ether oxygens (including phenoxy) is 1. The summed E-state index contributed by atoms with van der Waals surface area (Å²) < 4.78 is 6.58. The summed E-state index contributed by atoms with van der Waals surface area (Å²) in [6.07, 6.45) is 1.85. The number of amides is 1. The molecule has 0 aliphatic heterocycles. The van der Waals surface area contributed by atoms with Crippen molar-refractivity contribution >= 4 is 21.8 Å². The largest absolute Gasteiger partial charge is 0.381 e. The summed E-state index contributed by atoms with van der Waals surface area (Å²) in [5.74, 6) is 1.29. The second-order valence-electron chi connectivity index (χ2n) is 6.12. The van der Waals surface area contributed by atoms with Gasteiger partial charge >= 0.3 is 0 Å². The summed E-state index contributed by atoms with van der Waals surface area (Å²) in [6.45, 7) is 6.49. The summed E-state index contributed by atoms with van der Waals surface area (Å²) in [5.41, 5.74) is 1.25. The smallest absolute Gasteiger partial charge is 0.223 e. The van der Waals surface area contributed by atoms with Crippen molar-refractivity contribution in [3.8, 4) is 0 Å². The second-order valence-corrected chi connectivity index (χ2v) is 7.03. The van der Waals surface area contributed by atoms with Gasteiger partial charge in [0.05, 0.1) is 0 Å². The lowest BCUT2D eigenvalue weighted by Crippen LogP contribution is -2.27. The molecule has 1 amide bonds. The van der Waals surface area contributed by atoms with E-state index in [-0.39, 0.29) is 11.8 Å². The van der Waals surface area contributed by atoms with E-state index >= 15 is 0 Å². The third-order valence-corrected chi connectivity index (χ3v) is 4.11. The number of rotatable bonds is 8. The van der Waals surface area contributed by atoms with Gasteiger partial charge in [-0.05, 0) is 42.4 Å². The van der Waals surface area contributed by atoms with Gasteiger partial charge in [0.15, 0.2) is 0 Å². The molecule has 2 unspecified atom stereocenters. The standard InChI is InChI=1S/C17H24BrNO2/c1-12(2)11-21-8-4-7-19-17(20)16-10-15(16)13-5-3-6-14(18)9-13/h3,5-6,9,12,15-16H,4,7-8,10-11H2,1-2H3,(H,19,20). The summed E-state index contributed by atoms with van der Waals surface area (Å²) in [4.78, 5) is 12.1. The van der Waals surface area contributed by atoms with Crippen LogP contribution in [0, 0.1) is 11.8 Å². The molecule has 4 heteroatoms. The highest BCUT2D eigenvalue weighted by Gasteiger charge is 2.43. The molecule has 0 saturated heterocycles. The Kier molecular flexibility index (Phi) is 6.24. The molecular formula is C17H24BrNO2. The van der Waals surface area contributed by atoms with Crippen molar-refractivity contribution in [2.75, 3.05) is 19.8 Å². The molecule has 1 fully saturated rings. The lowest BCUT2D eigenvalue weighted by molar-refractivity contribution is -0.122. The van der Waals surface area contributed by atoms with Crippen LogP contribution >= 0.6 is 15.9 Å². The Morgan fingerprint density at radius 2 is 2.29 bits per heavy atom. The number of carbonyl (C=O) groups is 1. The van der Waals surface area contributed by atoms with E-state index in [2.05, 4.69) is 47.2 Å². The first-order valence-electron chi connectivity index (χ1n) is 7.69. The summed E-state index contributed by atoms with van der Waals surface area (Å²) in [5, 5.41) is 3.02. The summed E-state index contributed by atoms with van der Waals surface area (Å²) in [6, 6.07) is 8.25. The van der Waals surface area contributed by atoms with Crippen LogP contribution in [0.1, 0.15) is 38.2 Å². The summed E-state index contributed by atoms with van der Waals surface area (Å²) >= 11 is 3.48. The normalized spacial score (nSPS) is 20.6. The molecule has 21 heavy (non-hydrogen) atoms.